The van der Waals surface area contributed by atoms with Gasteiger partial charge in [-0.15, -0.1) is 6.58 Å². The standard InChI is InChI=1S/C16H24N2O2/c1-2-10-18-12-14(11-15(18)19)16(20)17-9-8-13-6-4-3-5-7-13/h2,6,14H,1,3-5,7-12H2,(H,17,20). The number of carbonyl (C=O) groups excluding carboxylic acids is 2. The van der Waals surface area contributed by atoms with E-state index in [0.29, 0.717) is 26.1 Å². The molecule has 0 aromatic heterocycles. The number of amides is 2. The summed E-state index contributed by atoms with van der Waals surface area (Å²) in [6, 6.07) is 0. The number of rotatable bonds is 6. The second kappa shape index (κ2) is 7.27. The molecule has 1 aliphatic heterocycles. The van der Waals surface area contributed by atoms with Gasteiger partial charge < -0.3 is 10.2 Å². The van der Waals surface area contributed by atoms with Gasteiger partial charge in [0, 0.05) is 26.1 Å². The first-order valence-corrected chi connectivity index (χ1v) is 7.55. The summed E-state index contributed by atoms with van der Waals surface area (Å²) in [6.07, 6.45) is 10.2. The molecule has 1 saturated heterocycles. The number of hydrogen-bond donors (Lipinski definition) is 1. The molecule has 1 heterocycles. The van der Waals surface area contributed by atoms with Crippen LogP contribution in [0, 0.1) is 5.92 Å². The molecule has 1 N–H and O–H groups in total. The first-order valence-electron chi connectivity index (χ1n) is 7.55. The average molecular weight is 276 g/mol. The molecule has 0 bridgehead atoms. The van der Waals surface area contributed by atoms with E-state index in [0.717, 1.165) is 6.42 Å². The summed E-state index contributed by atoms with van der Waals surface area (Å²) >= 11 is 0. The molecule has 4 nitrogen and oxygen atoms in total. The smallest absolute Gasteiger partial charge is 0.225 e. The van der Waals surface area contributed by atoms with Gasteiger partial charge in [0.15, 0.2) is 0 Å². The minimum Gasteiger partial charge on any atom is -0.355 e. The van der Waals surface area contributed by atoms with Crippen LogP contribution in [0.25, 0.3) is 0 Å². The van der Waals surface area contributed by atoms with Gasteiger partial charge in [-0.05, 0) is 32.1 Å². The summed E-state index contributed by atoms with van der Waals surface area (Å²) in [5.41, 5.74) is 1.47. The molecule has 1 aliphatic carbocycles. The predicted molar refractivity (Wildman–Crippen MR) is 79.1 cm³/mol. The lowest BCUT2D eigenvalue weighted by molar-refractivity contribution is -0.128. The van der Waals surface area contributed by atoms with Crippen molar-refractivity contribution in [3.63, 3.8) is 0 Å². The molecule has 1 atom stereocenters. The Bertz CT molecular complexity index is 415. The highest BCUT2D eigenvalue weighted by Crippen LogP contribution is 2.20. The SMILES string of the molecule is C=CCN1CC(C(=O)NCCC2=CCCCC2)CC1=O. The van der Waals surface area contributed by atoms with Gasteiger partial charge in [0.2, 0.25) is 11.8 Å². The van der Waals surface area contributed by atoms with E-state index >= 15 is 0 Å². The molecule has 1 unspecified atom stereocenters. The Morgan fingerprint density at radius 3 is 3.05 bits per heavy atom. The van der Waals surface area contributed by atoms with Gasteiger partial charge in [-0.3, -0.25) is 9.59 Å². The number of nitrogens with zero attached hydrogens (tertiary/aromatic N) is 1. The van der Waals surface area contributed by atoms with Crippen molar-refractivity contribution in [1.29, 1.82) is 0 Å². The van der Waals surface area contributed by atoms with Gasteiger partial charge in [0.25, 0.3) is 0 Å². The van der Waals surface area contributed by atoms with E-state index < -0.39 is 0 Å². The summed E-state index contributed by atoms with van der Waals surface area (Å²) in [6.45, 7) is 5.38. The van der Waals surface area contributed by atoms with Crippen molar-refractivity contribution < 1.29 is 9.59 Å². The van der Waals surface area contributed by atoms with Crippen LogP contribution >= 0.6 is 0 Å². The first-order chi connectivity index (χ1) is 9.70. The Morgan fingerprint density at radius 2 is 2.35 bits per heavy atom. The Hall–Kier alpha value is -1.58. The molecular weight excluding hydrogens is 252 g/mol. The average Bonchev–Trinajstić information content (AvgIpc) is 2.82. The quantitative estimate of drug-likeness (QED) is 0.755. The largest absolute Gasteiger partial charge is 0.355 e. The van der Waals surface area contributed by atoms with Crippen LogP contribution < -0.4 is 5.32 Å². The van der Waals surface area contributed by atoms with Crippen molar-refractivity contribution in [3.8, 4) is 0 Å². The van der Waals surface area contributed by atoms with E-state index in [1.807, 2.05) is 0 Å². The lowest BCUT2D eigenvalue weighted by atomic mass is 9.97. The minimum atomic E-state index is -0.192. The molecule has 110 valence electrons. The Labute approximate surface area is 120 Å². The molecule has 0 radical (unpaired) electrons. The Kier molecular flexibility index (Phi) is 5.39. The van der Waals surface area contributed by atoms with Crippen LogP contribution in [-0.2, 0) is 9.59 Å². The van der Waals surface area contributed by atoms with Crippen LogP contribution in [0.4, 0.5) is 0 Å². The highest BCUT2D eigenvalue weighted by atomic mass is 16.2. The zero-order chi connectivity index (χ0) is 14.4. The van der Waals surface area contributed by atoms with Crippen LogP contribution in [0.15, 0.2) is 24.3 Å². The summed E-state index contributed by atoms with van der Waals surface area (Å²) in [5, 5.41) is 2.97. The van der Waals surface area contributed by atoms with Crippen molar-refractivity contribution in [3.05, 3.63) is 24.3 Å². The van der Waals surface area contributed by atoms with Gasteiger partial charge in [-0.1, -0.05) is 17.7 Å². The van der Waals surface area contributed by atoms with Crippen molar-refractivity contribution in [1.82, 2.24) is 10.2 Å². The summed E-state index contributed by atoms with van der Waals surface area (Å²) in [7, 11) is 0. The second-order valence-corrected chi connectivity index (χ2v) is 5.64. The van der Waals surface area contributed by atoms with Crippen LogP contribution in [0.3, 0.4) is 0 Å². The van der Waals surface area contributed by atoms with Crippen molar-refractivity contribution in [2.75, 3.05) is 19.6 Å². The molecule has 0 aromatic rings. The lowest BCUT2D eigenvalue weighted by Crippen LogP contribution is -2.33. The molecule has 2 rings (SSSR count). The van der Waals surface area contributed by atoms with Crippen LogP contribution in [0.1, 0.15) is 38.5 Å². The number of allylic oxidation sites excluding steroid dienone is 1. The Morgan fingerprint density at radius 1 is 1.50 bits per heavy atom. The van der Waals surface area contributed by atoms with Gasteiger partial charge in [0.1, 0.15) is 0 Å². The molecule has 0 saturated carbocycles. The van der Waals surface area contributed by atoms with E-state index in [9.17, 15) is 9.59 Å². The van der Waals surface area contributed by atoms with Crippen LogP contribution in [-0.4, -0.2) is 36.3 Å². The van der Waals surface area contributed by atoms with E-state index in [4.69, 9.17) is 0 Å². The molecule has 20 heavy (non-hydrogen) atoms. The number of likely N-dealkylation sites (tertiary alicyclic amines) is 1. The molecule has 2 amide bonds. The lowest BCUT2D eigenvalue weighted by Gasteiger charge is -2.15. The fraction of sp³-hybridized carbons (Fsp3) is 0.625. The van der Waals surface area contributed by atoms with Gasteiger partial charge in [-0.25, -0.2) is 0 Å². The highest BCUT2D eigenvalue weighted by molar-refractivity contribution is 5.89. The van der Waals surface area contributed by atoms with Gasteiger partial charge in [0.05, 0.1) is 5.92 Å². The maximum atomic E-state index is 12.0. The predicted octanol–water partition coefficient (Wildman–Crippen LogP) is 2.03. The number of nitrogens with one attached hydrogen (secondary N) is 1. The molecule has 2 aliphatic rings. The van der Waals surface area contributed by atoms with Gasteiger partial charge >= 0.3 is 0 Å². The third-order valence-electron chi connectivity index (χ3n) is 4.07. The van der Waals surface area contributed by atoms with Crippen molar-refractivity contribution in [2.24, 2.45) is 5.92 Å². The Balaban J connectivity index is 1.71. The molecule has 0 spiro atoms. The molecule has 0 aromatic carbocycles. The van der Waals surface area contributed by atoms with E-state index in [-0.39, 0.29) is 17.7 Å². The van der Waals surface area contributed by atoms with Crippen molar-refractivity contribution in [2.45, 2.75) is 38.5 Å². The maximum Gasteiger partial charge on any atom is 0.225 e. The third kappa shape index (κ3) is 3.95. The number of hydrogen-bond acceptors (Lipinski definition) is 2. The monoisotopic (exact) mass is 276 g/mol. The van der Waals surface area contributed by atoms with Crippen LogP contribution in [0.2, 0.25) is 0 Å². The zero-order valence-electron chi connectivity index (χ0n) is 12.1. The maximum absolute atomic E-state index is 12.0. The molecular formula is C16H24N2O2. The highest BCUT2D eigenvalue weighted by Gasteiger charge is 2.33. The summed E-state index contributed by atoms with van der Waals surface area (Å²) < 4.78 is 0. The summed E-state index contributed by atoms with van der Waals surface area (Å²) in [5.74, 6) is -0.121. The third-order valence-corrected chi connectivity index (χ3v) is 4.07. The number of carbonyl (C=O) groups is 2. The first kappa shape index (κ1) is 14.8. The van der Waals surface area contributed by atoms with E-state index in [1.54, 1.807) is 11.0 Å². The van der Waals surface area contributed by atoms with Crippen molar-refractivity contribution >= 4 is 11.8 Å². The fourth-order valence-electron chi connectivity index (χ4n) is 2.90. The van der Waals surface area contributed by atoms with E-state index in [1.165, 1.54) is 31.3 Å². The molecule has 1 fully saturated rings. The van der Waals surface area contributed by atoms with Gasteiger partial charge in [-0.2, -0.15) is 0 Å². The second-order valence-electron chi connectivity index (χ2n) is 5.64. The van der Waals surface area contributed by atoms with E-state index in [2.05, 4.69) is 18.0 Å². The topological polar surface area (TPSA) is 49.4 Å². The minimum absolute atomic E-state index is 0.0151. The molecule has 4 heteroatoms. The zero-order valence-corrected chi connectivity index (χ0v) is 12.1. The van der Waals surface area contributed by atoms with Crippen LogP contribution in [0.5, 0.6) is 0 Å². The summed E-state index contributed by atoms with van der Waals surface area (Å²) in [4.78, 5) is 25.4. The fourth-order valence-corrected chi connectivity index (χ4v) is 2.90. The normalized spacial score (nSPS) is 22.6.